The van der Waals surface area contributed by atoms with E-state index in [-0.39, 0.29) is 11.9 Å². The van der Waals surface area contributed by atoms with Crippen molar-refractivity contribution < 1.29 is 13.9 Å². The standard InChI is InChI=1S/C20H12N2O4S/c23-19-11-5-1-3-7-13(11)21-17(25-19)15-9-10-16(27-15)18-22-14-8-4-2-6-12(14)20(24)26-18/h1-10,17,21H. The number of nitrogens with one attached hydrogen (secondary N) is 1. The number of hydrogen-bond acceptors (Lipinski definition) is 7. The van der Waals surface area contributed by atoms with Crippen molar-refractivity contribution in [3.8, 4) is 10.8 Å². The van der Waals surface area contributed by atoms with Gasteiger partial charge in [-0.3, -0.25) is 0 Å². The molecule has 4 aromatic rings. The lowest BCUT2D eigenvalue weighted by Crippen LogP contribution is -2.24. The topological polar surface area (TPSA) is 81.4 Å². The first kappa shape index (κ1) is 15.8. The lowest BCUT2D eigenvalue weighted by atomic mass is 10.1. The molecule has 0 saturated carbocycles. The lowest BCUT2D eigenvalue weighted by molar-refractivity contribution is 0.0337. The highest BCUT2D eigenvalue weighted by Gasteiger charge is 2.27. The molecule has 0 saturated heterocycles. The average Bonchev–Trinajstić information content (AvgIpc) is 3.18. The molecule has 132 valence electrons. The minimum absolute atomic E-state index is 0.248. The zero-order chi connectivity index (χ0) is 18.4. The second kappa shape index (κ2) is 6.07. The number of esters is 1. The van der Waals surface area contributed by atoms with Crippen molar-refractivity contribution in [1.82, 2.24) is 4.98 Å². The Kier molecular flexibility index (Phi) is 3.54. The molecule has 1 aliphatic rings. The van der Waals surface area contributed by atoms with Crippen LogP contribution < -0.4 is 10.9 Å². The summed E-state index contributed by atoms with van der Waals surface area (Å²) in [5, 5.41) is 3.65. The van der Waals surface area contributed by atoms with E-state index in [0.717, 1.165) is 10.6 Å². The summed E-state index contributed by atoms with van der Waals surface area (Å²) < 4.78 is 10.9. The van der Waals surface area contributed by atoms with E-state index >= 15 is 0 Å². The quantitative estimate of drug-likeness (QED) is 0.528. The van der Waals surface area contributed by atoms with Gasteiger partial charge in [-0.1, -0.05) is 24.3 Å². The van der Waals surface area contributed by atoms with Gasteiger partial charge in [-0.15, -0.1) is 11.3 Å². The van der Waals surface area contributed by atoms with Gasteiger partial charge >= 0.3 is 11.6 Å². The van der Waals surface area contributed by atoms with Crippen LogP contribution >= 0.6 is 11.3 Å². The highest BCUT2D eigenvalue weighted by atomic mass is 32.1. The number of aromatic nitrogens is 1. The largest absolute Gasteiger partial charge is 0.433 e. The van der Waals surface area contributed by atoms with Crippen molar-refractivity contribution in [1.29, 1.82) is 0 Å². The molecule has 7 heteroatoms. The summed E-state index contributed by atoms with van der Waals surface area (Å²) in [4.78, 5) is 30.3. The smallest absolute Gasteiger partial charge is 0.347 e. The van der Waals surface area contributed by atoms with Crippen molar-refractivity contribution >= 4 is 33.9 Å². The molecule has 5 rings (SSSR count). The number of anilines is 1. The van der Waals surface area contributed by atoms with E-state index in [1.54, 1.807) is 36.4 Å². The van der Waals surface area contributed by atoms with E-state index < -0.39 is 11.9 Å². The number of rotatable bonds is 2. The Morgan fingerprint density at radius 2 is 1.78 bits per heavy atom. The number of benzene rings is 2. The number of fused-ring (bicyclic) bond motifs is 2. The molecule has 1 N–H and O–H groups in total. The number of thiophene rings is 1. The summed E-state index contributed by atoms with van der Waals surface area (Å²) in [5.74, 6) is -0.128. The van der Waals surface area contributed by atoms with Crippen LogP contribution in [0, 0.1) is 0 Å². The van der Waals surface area contributed by atoms with Gasteiger partial charge in [-0.2, -0.15) is 0 Å². The Bertz CT molecular complexity index is 1240. The molecule has 0 radical (unpaired) electrons. The van der Waals surface area contributed by atoms with Gasteiger partial charge in [0.15, 0.2) is 0 Å². The maximum absolute atomic E-state index is 12.2. The zero-order valence-corrected chi connectivity index (χ0v) is 14.7. The van der Waals surface area contributed by atoms with E-state index in [1.807, 2.05) is 24.3 Å². The highest BCUT2D eigenvalue weighted by Crippen LogP contribution is 2.36. The van der Waals surface area contributed by atoms with Gasteiger partial charge in [-0.25, -0.2) is 14.6 Å². The van der Waals surface area contributed by atoms with Crippen LogP contribution in [0.15, 0.2) is 69.9 Å². The second-order valence-corrected chi connectivity index (χ2v) is 7.12. The van der Waals surface area contributed by atoms with Crippen LogP contribution in [0.5, 0.6) is 0 Å². The molecule has 1 aliphatic heterocycles. The minimum Gasteiger partial charge on any atom is -0.433 e. The van der Waals surface area contributed by atoms with E-state index in [9.17, 15) is 9.59 Å². The average molecular weight is 376 g/mol. The Balaban J connectivity index is 1.51. The Labute approximate surface area is 157 Å². The summed E-state index contributed by atoms with van der Waals surface area (Å²) in [6, 6.07) is 17.9. The summed E-state index contributed by atoms with van der Waals surface area (Å²) in [7, 11) is 0. The number of nitrogens with zero attached hydrogens (tertiary/aromatic N) is 1. The van der Waals surface area contributed by atoms with Crippen molar-refractivity contribution in [2.75, 3.05) is 5.32 Å². The van der Waals surface area contributed by atoms with Crippen LogP contribution in [0.3, 0.4) is 0 Å². The van der Waals surface area contributed by atoms with Crippen LogP contribution in [0.1, 0.15) is 21.5 Å². The highest BCUT2D eigenvalue weighted by molar-refractivity contribution is 7.15. The van der Waals surface area contributed by atoms with E-state index in [4.69, 9.17) is 9.15 Å². The maximum Gasteiger partial charge on any atom is 0.347 e. The summed E-state index contributed by atoms with van der Waals surface area (Å²) in [6.45, 7) is 0. The van der Waals surface area contributed by atoms with Gasteiger partial charge in [0, 0.05) is 0 Å². The third kappa shape index (κ3) is 2.69. The molecule has 1 atom stereocenters. The Morgan fingerprint density at radius 1 is 0.963 bits per heavy atom. The molecular weight excluding hydrogens is 364 g/mol. The monoisotopic (exact) mass is 376 g/mol. The fourth-order valence-electron chi connectivity index (χ4n) is 2.99. The molecule has 0 fully saturated rings. The van der Waals surface area contributed by atoms with Gasteiger partial charge in [0.25, 0.3) is 0 Å². The summed E-state index contributed by atoms with van der Waals surface area (Å²) in [6.07, 6.45) is -0.599. The number of carbonyl (C=O) groups is 1. The van der Waals surface area contributed by atoms with Gasteiger partial charge < -0.3 is 14.5 Å². The summed E-state index contributed by atoms with van der Waals surface area (Å²) in [5.41, 5.74) is 1.38. The predicted octanol–water partition coefficient (Wildman–Crippen LogP) is 4.20. The lowest BCUT2D eigenvalue weighted by Gasteiger charge is -2.25. The third-order valence-electron chi connectivity index (χ3n) is 4.29. The Hall–Kier alpha value is -3.45. The first-order chi connectivity index (χ1) is 13.2. The third-order valence-corrected chi connectivity index (χ3v) is 5.41. The SMILES string of the molecule is O=C1OC(c2ccc(-c3nc4ccccc4c(=O)o3)s2)Nc2ccccc21. The molecular formula is C20H12N2O4S. The van der Waals surface area contributed by atoms with Gasteiger partial charge in [0.05, 0.1) is 31.9 Å². The number of para-hydroxylation sites is 2. The van der Waals surface area contributed by atoms with Crippen LogP contribution in [0.4, 0.5) is 5.69 Å². The zero-order valence-electron chi connectivity index (χ0n) is 13.8. The normalized spacial score (nSPS) is 15.9. The first-order valence-electron chi connectivity index (χ1n) is 8.25. The molecule has 0 spiro atoms. The molecule has 1 unspecified atom stereocenters. The van der Waals surface area contributed by atoms with Crippen molar-refractivity contribution in [2.45, 2.75) is 6.23 Å². The molecule has 3 heterocycles. The van der Waals surface area contributed by atoms with Gasteiger partial charge in [0.2, 0.25) is 12.1 Å². The minimum atomic E-state index is -0.599. The van der Waals surface area contributed by atoms with Crippen molar-refractivity contribution in [2.24, 2.45) is 0 Å². The van der Waals surface area contributed by atoms with Gasteiger partial charge in [-0.05, 0) is 36.4 Å². The molecule has 2 aromatic heterocycles. The fourth-order valence-corrected chi connectivity index (χ4v) is 3.91. The molecule has 0 amide bonds. The van der Waals surface area contributed by atoms with E-state index in [2.05, 4.69) is 10.3 Å². The Morgan fingerprint density at radius 3 is 2.70 bits per heavy atom. The van der Waals surface area contributed by atoms with Crippen molar-refractivity contribution in [3.63, 3.8) is 0 Å². The number of ether oxygens (including phenoxy) is 1. The molecule has 2 aromatic carbocycles. The number of hydrogen-bond donors (Lipinski definition) is 1. The second-order valence-electron chi connectivity index (χ2n) is 6.00. The molecule has 0 aliphatic carbocycles. The van der Waals surface area contributed by atoms with Crippen LogP contribution in [0.25, 0.3) is 21.7 Å². The van der Waals surface area contributed by atoms with E-state index in [0.29, 0.717) is 21.3 Å². The van der Waals surface area contributed by atoms with E-state index in [1.165, 1.54) is 11.3 Å². The van der Waals surface area contributed by atoms with Crippen LogP contribution in [0.2, 0.25) is 0 Å². The van der Waals surface area contributed by atoms with Crippen LogP contribution in [-0.2, 0) is 4.74 Å². The molecule has 27 heavy (non-hydrogen) atoms. The molecule has 6 nitrogen and oxygen atoms in total. The maximum atomic E-state index is 12.2. The summed E-state index contributed by atoms with van der Waals surface area (Å²) >= 11 is 1.35. The number of carbonyl (C=O) groups excluding carboxylic acids is 1. The fraction of sp³-hybridized carbons (Fsp3) is 0.0500. The van der Waals surface area contributed by atoms with Crippen molar-refractivity contribution in [3.05, 3.63) is 81.5 Å². The number of cyclic esters (lactones) is 1. The van der Waals surface area contributed by atoms with Gasteiger partial charge in [0.1, 0.15) is 0 Å². The molecule has 0 bridgehead atoms. The van der Waals surface area contributed by atoms with Crippen LogP contribution in [-0.4, -0.2) is 11.0 Å². The predicted molar refractivity (Wildman–Crippen MR) is 102 cm³/mol. The first-order valence-corrected chi connectivity index (χ1v) is 9.07.